The highest BCUT2D eigenvalue weighted by molar-refractivity contribution is 6.30. The van der Waals surface area contributed by atoms with Crippen LogP contribution in [0.15, 0.2) is 36.5 Å². The van der Waals surface area contributed by atoms with Crippen molar-refractivity contribution in [1.29, 1.82) is 0 Å². The number of carbonyl (C=O) groups excluding carboxylic acids is 1. The number of pyridine rings is 1. The number of hydrogen-bond donors (Lipinski definition) is 1. The number of aromatic nitrogens is 1. The van der Waals surface area contributed by atoms with Crippen molar-refractivity contribution in [3.63, 3.8) is 0 Å². The van der Waals surface area contributed by atoms with Crippen LogP contribution in [-0.4, -0.2) is 52.9 Å². The number of nitrogens with two attached hydrogens (primary N) is 1. The number of hydrogen-bond acceptors (Lipinski definition) is 5. The molecule has 0 saturated carbocycles. The summed E-state index contributed by atoms with van der Waals surface area (Å²) in [5, 5.41) is 0.326. The highest BCUT2D eigenvalue weighted by Gasteiger charge is 2.41. The minimum atomic E-state index is -5.08. The van der Waals surface area contributed by atoms with E-state index in [1.54, 1.807) is 17.0 Å². The summed E-state index contributed by atoms with van der Waals surface area (Å²) in [4.78, 5) is 21.7. The van der Waals surface area contributed by atoms with Crippen LogP contribution >= 0.6 is 11.6 Å². The van der Waals surface area contributed by atoms with Gasteiger partial charge >= 0.3 is 12.4 Å². The van der Waals surface area contributed by atoms with Gasteiger partial charge in [0.25, 0.3) is 5.91 Å². The summed E-state index contributed by atoms with van der Waals surface area (Å²) in [7, 11) is 0. The summed E-state index contributed by atoms with van der Waals surface area (Å²) < 4.78 is 80.1. The largest absolute Gasteiger partial charge is 0.416 e. The van der Waals surface area contributed by atoms with Crippen molar-refractivity contribution in [1.82, 2.24) is 14.8 Å². The molecule has 4 rings (SSSR count). The Morgan fingerprint density at radius 2 is 1.74 bits per heavy atom. The second-order valence-corrected chi connectivity index (χ2v) is 8.94. The normalized spacial score (nSPS) is 20.5. The SMILES string of the molecule is NN(C(=O)C(c1cccnc1Cl)N1CCN2CCC[C@@H]2C1)c1cc(C(F)(F)F)cc(C(F)(F)F)c1. The molecule has 1 unspecified atom stereocenters. The molecule has 6 nitrogen and oxygen atoms in total. The summed E-state index contributed by atoms with van der Waals surface area (Å²) in [6, 6.07) is 2.93. The lowest BCUT2D eigenvalue weighted by molar-refractivity contribution is -0.143. The first-order valence-corrected chi connectivity index (χ1v) is 11.2. The van der Waals surface area contributed by atoms with Gasteiger partial charge in [-0.05, 0) is 43.7 Å². The molecule has 35 heavy (non-hydrogen) atoms. The number of nitrogens with zero attached hydrogens (tertiary/aromatic N) is 4. The van der Waals surface area contributed by atoms with Crippen LogP contribution < -0.4 is 10.9 Å². The molecule has 2 aromatic rings. The van der Waals surface area contributed by atoms with Crippen molar-refractivity contribution in [3.8, 4) is 0 Å². The van der Waals surface area contributed by atoms with Gasteiger partial charge in [0, 0.05) is 37.4 Å². The number of alkyl halides is 6. The molecule has 190 valence electrons. The number of hydrazine groups is 1. The maximum Gasteiger partial charge on any atom is 0.416 e. The molecule has 2 aliphatic rings. The number of halogens is 7. The standard InChI is InChI=1S/C22H22ClF6N5O/c23-19-17(4-1-5-31-19)18(33-8-7-32-6-2-3-15(32)12-33)20(35)34(30)16-10-13(21(24,25)26)9-14(11-16)22(27,28)29/h1,4-5,9-11,15,18H,2-3,6-8,12,30H2/t15-,18?/m1/s1. The Kier molecular flexibility index (Phi) is 7.02. The fourth-order valence-corrected chi connectivity index (χ4v) is 4.90. The third-order valence-corrected chi connectivity index (χ3v) is 6.70. The molecule has 13 heteroatoms. The van der Waals surface area contributed by atoms with E-state index in [4.69, 9.17) is 17.4 Å². The van der Waals surface area contributed by atoms with Crippen molar-refractivity contribution in [2.45, 2.75) is 37.3 Å². The third kappa shape index (κ3) is 5.40. The van der Waals surface area contributed by atoms with Gasteiger partial charge in [0.05, 0.1) is 16.8 Å². The number of piperazine rings is 1. The van der Waals surface area contributed by atoms with Crippen molar-refractivity contribution in [2.75, 3.05) is 31.2 Å². The Bertz CT molecular complexity index is 1060. The summed E-state index contributed by atoms with van der Waals surface area (Å²) in [5.74, 6) is 5.00. The Balaban J connectivity index is 1.74. The molecule has 2 N–H and O–H groups in total. The second kappa shape index (κ2) is 9.57. The minimum Gasteiger partial charge on any atom is -0.298 e. The lowest BCUT2D eigenvalue weighted by Gasteiger charge is -2.42. The van der Waals surface area contributed by atoms with Crippen molar-refractivity contribution in [2.24, 2.45) is 5.84 Å². The molecular formula is C22H22ClF6N5O. The third-order valence-electron chi connectivity index (χ3n) is 6.39. The maximum absolute atomic E-state index is 13.6. The Labute approximate surface area is 202 Å². The summed E-state index contributed by atoms with van der Waals surface area (Å²) >= 11 is 6.26. The fraction of sp³-hybridized carbons (Fsp3) is 0.455. The molecule has 0 radical (unpaired) electrons. The van der Waals surface area contributed by atoms with Gasteiger partial charge in [0.15, 0.2) is 0 Å². The molecule has 1 aromatic heterocycles. The molecule has 0 bridgehead atoms. The number of fused-ring (bicyclic) bond motifs is 1. The van der Waals surface area contributed by atoms with Gasteiger partial charge in [-0.1, -0.05) is 17.7 Å². The van der Waals surface area contributed by atoms with E-state index in [2.05, 4.69) is 9.88 Å². The average molecular weight is 522 g/mol. The first-order chi connectivity index (χ1) is 16.4. The Morgan fingerprint density at radius 3 is 2.34 bits per heavy atom. The predicted molar refractivity (Wildman–Crippen MR) is 116 cm³/mol. The molecule has 2 saturated heterocycles. The minimum absolute atomic E-state index is 0.00637. The van der Waals surface area contributed by atoms with Crippen LogP contribution in [0.1, 0.15) is 35.6 Å². The molecule has 2 aliphatic heterocycles. The molecule has 1 amide bonds. The van der Waals surface area contributed by atoms with Crippen molar-refractivity contribution >= 4 is 23.2 Å². The van der Waals surface area contributed by atoms with Gasteiger partial charge in [-0.25, -0.2) is 15.8 Å². The molecule has 1 aromatic carbocycles. The maximum atomic E-state index is 13.6. The smallest absolute Gasteiger partial charge is 0.298 e. The van der Waals surface area contributed by atoms with E-state index in [9.17, 15) is 31.1 Å². The highest BCUT2D eigenvalue weighted by atomic mass is 35.5. The lowest BCUT2D eigenvalue weighted by atomic mass is 10.0. The van der Waals surface area contributed by atoms with E-state index in [1.165, 1.54) is 6.20 Å². The zero-order valence-corrected chi connectivity index (χ0v) is 19.0. The van der Waals surface area contributed by atoms with Gasteiger partial charge in [-0.15, -0.1) is 0 Å². The topological polar surface area (TPSA) is 65.7 Å². The van der Waals surface area contributed by atoms with Crippen LogP contribution in [0.5, 0.6) is 0 Å². The van der Waals surface area contributed by atoms with Crippen LogP contribution in [-0.2, 0) is 17.1 Å². The van der Waals surface area contributed by atoms with Crippen molar-refractivity contribution < 1.29 is 31.1 Å². The van der Waals surface area contributed by atoms with E-state index in [-0.39, 0.29) is 22.8 Å². The molecule has 2 fully saturated rings. The fourth-order valence-electron chi connectivity index (χ4n) is 4.67. The van der Waals surface area contributed by atoms with E-state index < -0.39 is 41.1 Å². The molecular weight excluding hydrogens is 500 g/mol. The summed E-state index contributed by atoms with van der Waals surface area (Å²) in [6.07, 6.45) is -6.84. The van der Waals surface area contributed by atoms with Crippen molar-refractivity contribution in [3.05, 3.63) is 58.4 Å². The van der Waals surface area contributed by atoms with Gasteiger partial charge in [0.1, 0.15) is 11.2 Å². The number of benzene rings is 1. The number of rotatable bonds is 4. The number of anilines is 1. The number of carbonyl (C=O) groups is 1. The molecule has 0 aliphatic carbocycles. The van der Waals surface area contributed by atoms with Crippen LogP contribution in [0, 0.1) is 0 Å². The first-order valence-electron chi connectivity index (χ1n) is 10.8. The molecule has 3 heterocycles. The highest BCUT2D eigenvalue weighted by Crippen LogP contribution is 2.39. The quantitative estimate of drug-likeness (QED) is 0.211. The Hall–Kier alpha value is -2.41. The molecule has 0 spiro atoms. The zero-order valence-electron chi connectivity index (χ0n) is 18.3. The predicted octanol–water partition coefficient (Wildman–Crippen LogP) is 4.50. The zero-order chi connectivity index (χ0) is 25.5. The second-order valence-electron chi connectivity index (χ2n) is 8.59. The van der Waals surface area contributed by atoms with Gasteiger partial charge in [-0.2, -0.15) is 26.3 Å². The van der Waals surface area contributed by atoms with Crippen LogP contribution in [0.3, 0.4) is 0 Å². The van der Waals surface area contributed by atoms with Gasteiger partial charge < -0.3 is 0 Å². The summed E-state index contributed by atoms with van der Waals surface area (Å²) in [5.41, 5.74) is -3.60. The van der Waals surface area contributed by atoms with E-state index in [1.807, 2.05) is 0 Å². The van der Waals surface area contributed by atoms with Crippen LogP contribution in [0.2, 0.25) is 5.15 Å². The molecule has 2 atom stereocenters. The lowest BCUT2D eigenvalue weighted by Crippen LogP contribution is -2.55. The van der Waals surface area contributed by atoms with Crippen LogP contribution in [0.25, 0.3) is 0 Å². The average Bonchev–Trinajstić information content (AvgIpc) is 3.26. The summed E-state index contributed by atoms with van der Waals surface area (Å²) in [6.45, 7) is 2.48. The Morgan fingerprint density at radius 1 is 1.09 bits per heavy atom. The van der Waals surface area contributed by atoms with Crippen LogP contribution in [0.4, 0.5) is 32.0 Å². The van der Waals surface area contributed by atoms with Gasteiger partial charge in [0.2, 0.25) is 0 Å². The first kappa shape index (κ1) is 25.7. The van der Waals surface area contributed by atoms with E-state index in [0.29, 0.717) is 36.8 Å². The van der Waals surface area contributed by atoms with Gasteiger partial charge in [-0.3, -0.25) is 14.6 Å². The van der Waals surface area contributed by atoms with E-state index >= 15 is 0 Å². The van der Waals surface area contributed by atoms with E-state index in [0.717, 1.165) is 19.4 Å². The number of amides is 1. The monoisotopic (exact) mass is 521 g/mol.